The first kappa shape index (κ1) is 21.0. The van der Waals surface area contributed by atoms with Gasteiger partial charge in [-0.25, -0.2) is 16.8 Å². The van der Waals surface area contributed by atoms with Crippen LogP contribution in [0, 0.1) is 0 Å². The average Bonchev–Trinajstić information content (AvgIpc) is 2.37. The summed E-state index contributed by atoms with van der Waals surface area (Å²) in [5.41, 5.74) is 0. The fraction of sp³-hybridized carbons (Fsp3) is 1.00. The van der Waals surface area contributed by atoms with Crippen LogP contribution in [-0.2, 0) is 19.5 Å². The molecule has 2 atom stereocenters. The number of sulfone groups is 1. The van der Waals surface area contributed by atoms with Gasteiger partial charge in [-0.3, -0.25) is 0 Å². The lowest BCUT2D eigenvalue weighted by molar-refractivity contribution is 0.497. The Balaban J connectivity index is 5.68. The highest BCUT2D eigenvalue weighted by molar-refractivity contribution is 8.18. The molecule has 0 aromatic carbocycles. The van der Waals surface area contributed by atoms with Crippen LogP contribution >= 0.6 is 0 Å². The molecule has 21 heavy (non-hydrogen) atoms. The quantitative estimate of drug-likeness (QED) is 0.574. The highest BCUT2D eigenvalue weighted by Gasteiger charge is 2.48. The first-order chi connectivity index (χ1) is 9.45. The summed E-state index contributed by atoms with van der Waals surface area (Å²) in [5, 5.41) is 0. The van der Waals surface area contributed by atoms with Crippen molar-refractivity contribution in [3.8, 4) is 0 Å². The zero-order valence-corrected chi connectivity index (χ0v) is 16.0. The number of hydrogen-bond donors (Lipinski definition) is 0. The summed E-state index contributed by atoms with van der Waals surface area (Å²) in [5.74, 6) is 0.0451. The molecular formula is C14H31BO4S2. The maximum Gasteiger partial charge on any atom is 0.296 e. The van der Waals surface area contributed by atoms with Crippen LogP contribution in [0.3, 0.4) is 0 Å². The molecule has 2 unspecified atom stereocenters. The van der Waals surface area contributed by atoms with Crippen molar-refractivity contribution in [2.24, 2.45) is 0 Å². The van der Waals surface area contributed by atoms with Gasteiger partial charge < -0.3 is 0 Å². The molecule has 0 aliphatic heterocycles. The first-order valence-corrected chi connectivity index (χ1v) is 11.2. The minimum absolute atomic E-state index is 0.0451. The largest absolute Gasteiger partial charge is 0.296 e. The highest BCUT2D eigenvalue weighted by atomic mass is 32.2. The summed E-state index contributed by atoms with van der Waals surface area (Å²) in [7, 11) is -6.90. The van der Waals surface area contributed by atoms with E-state index in [4.69, 9.17) is 0 Å². The monoisotopic (exact) mass is 338 g/mol. The van der Waals surface area contributed by atoms with E-state index in [1.165, 1.54) is 0 Å². The molecule has 0 aromatic rings. The van der Waals surface area contributed by atoms with Gasteiger partial charge in [0.25, 0.3) is 6.56 Å². The van der Waals surface area contributed by atoms with Crippen molar-refractivity contribution in [3.63, 3.8) is 0 Å². The van der Waals surface area contributed by atoms with E-state index in [1.54, 1.807) is 27.7 Å². The van der Waals surface area contributed by atoms with Gasteiger partial charge >= 0.3 is 0 Å². The zero-order valence-electron chi connectivity index (χ0n) is 14.4. The van der Waals surface area contributed by atoms with Crippen molar-refractivity contribution in [1.29, 1.82) is 0 Å². The van der Waals surface area contributed by atoms with Crippen LogP contribution < -0.4 is 0 Å². The smallest absolute Gasteiger partial charge is 0.241 e. The molecule has 0 bridgehead atoms. The van der Waals surface area contributed by atoms with Gasteiger partial charge in [-0.1, -0.05) is 41.0 Å². The van der Waals surface area contributed by atoms with Crippen molar-refractivity contribution in [1.82, 2.24) is 0 Å². The SMILES string of the molecule is CCCC(C)(CC)S(=O)(=O)BC(C)(CC)S(=O)(=O)CCC. The molecule has 0 aromatic heterocycles. The zero-order chi connectivity index (χ0) is 16.9. The minimum atomic E-state index is -3.48. The second kappa shape index (κ2) is 7.49. The maximum atomic E-state index is 12.8. The van der Waals surface area contributed by atoms with E-state index in [9.17, 15) is 16.8 Å². The van der Waals surface area contributed by atoms with Crippen LogP contribution in [0.5, 0.6) is 0 Å². The fourth-order valence-corrected chi connectivity index (χ4v) is 7.55. The second-order valence-electron chi connectivity index (χ2n) is 6.43. The molecule has 4 nitrogen and oxygen atoms in total. The van der Waals surface area contributed by atoms with Crippen LogP contribution in [0.1, 0.15) is 73.6 Å². The van der Waals surface area contributed by atoms with Gasteiger partial charge in [0, 0.05) is 5.75 Å². The average molecular weight is 338 g/mol. The summed E-state index contributed by atoms with van der Waals surface area (Å²) in [6.07, 6.45) is 2.68. The Morgan fingerprint density at radius 3 is 1.71 bits per heavy atom. The van der Waals surface area contributed by atoms with E-state index in [1.807, 2.05) is 13.8 Å². The molecule has 0 aliphatic carbocycles. The summed E-state index contributed by atoms with van der Waals surface area (Å²) >= 11 is 0. The maximum absolute atomic E-state index is 12.8. The van der Waals surface area contributed by atoms with Gasteiger partial charge in [-0.15, -0.1) is 0 Å². The molecule has 0 heterocycles. The normalized spacial score (nSPS) is 18.8. The molecule has 7 heteroatoms. The van der Waals surface area contributed by atoms with Crippen LogP contribution in [0.15, 0.2) is 0 Å². The predicted molar refractivity (Wildman–Crippen MR) is 92.4 cm³/mol. The second-order valence-corrected chi connectivity index (χ2v) is 11.6. The van der Waals surface area contributed by atoms with Gasteiger partial charge in [0.15, 0.2) is 0 Å². The molecule has 0 radical (unpaired) electrons. The molecule has 0 N–H and O–H groups in total. The Morgan fingerprint density at radius 2 is 1.38 bits per heavy atom. The van der Waals surface area contributed by atoms with E-state index in [0.717, 1.165) is 6.42 Å². The van der Waals surface area contributed by atoms with E-state index in [2.05, 4.69) is 0 Å². The number of hydrogen-bond acceptors (Lipinski definition) is 4. The predicted octanol–water partition coefficient (Wildman–Crippen LogP) is 2.67. The Labute approximate surface area is 132 Å². The molecule has 0 spiro atoms. The third kappa shape index (κ3) is 4.47. The molecule has 0 saturated carbocycles. The van der Waals surface area contributed by atoms with Gasteiger partial charge in [-0.05, 0) is 32.6 Å². The lowest BCUT2D eigenvalue weighted by Crippen LogP contribution is -2.51. The molecule has 0 amide bonds. The van der Waals surface area contributed by atoms with Crippen LogP contribution in [-0.4, -0.2) is 38.5 Å². The standard InChI is InChI=1S/C14H31BO4S2/c1-7-11-13(5,9-3)21(18,19)15-14(6,10-4)20(16,17)12-8-2/h15H,7-12H2,1-6H3. The molecule has 126 valence electrons. The Hall–Kier alpha value is -0.0351. The Kier molecular flexibility index (Phi) is 7.48. The number of rotatable bonds is 10. The van der Waals surface area contributed by atoms with Gasteiger partial charge in [0.05, 0.1) is 9.39 Å². The van der Waals surface area contributed by atoms with E-state index in [-0.39, 0.29) is 12.3 Å². The third-order valence-corrected chi connectivity index (χ3v) is 10.8. The summed E-state index contributed by atoms with van der Waals surface area (Å²) in [6.45, 7) is 10.4. The summed E-state index contributed by atoms with van der Waals surface area (Å²) in [4.78, 5) is 0. The van der Waals surface area contributed by atoms with Crippen molar-refractivity contribution >= 4 is 26.1 Å². The summed E-state index contributed by atoms with van der Waals surface area (Å²) in [6, 6.07) is 0. The van der Waals surface area contributed by atoms with Crippen molar-refractivity contribution in [2.75, 3.05) is 5.75 Å². The lowest BCUT2D eigenvalue weighted by Gasteiger charge is -2.33. The van der Waals surface area contributed by atoms with E-state index in [0.29, 0.717) is 25.7 Å². The highest BCUT2D eigenvalue weighted by Crippen LogP contribution is 2.32. The molecule has 0 saturated heterocycles. The minimum Gasteiger partial charge on any atom is -0.241 e. The van der Waals surface area contributed by atoms with Crippen LogP contribution in [0.25, 0.3) is 0 Å². The summed E-state index contributed by atoms with van der Waals surface area (Å²) < 4.78 is 48.6. The van der Waals surface area contributed by atoms with E-state index < -0.39 is 28.9 Å². The van der Waals surface area contributed by atoms with Gasteiger partial charge in [0.1, 0.15) is 19.5 Å². The van der Waals surface area contributed by atoms with E-state index >= 15 is 0 Å². The molecule has 0 fully saturated rings. The van der Waals surface area contributed by atoms with Crippen LogP contribution in [0.4, 0.5) is 0 Å². The third-order valence-electron chi connectivity index (χ3n) is 4.74. The van der Waals surface area contributed by atoms with Crippen molar-refractivity contribution < 1.29 is 16.8 Å². The topological polar surface area (TPSA) is 68.3 Å². The van der Waals surface area contributed by atoms with Crippen molar-refractivity contribution in [3.05, 3.63) is 0 Å². The Morgan fingerprint density at radius 1 is 0.857 bits per heavy atom. The van der Waals surface area contributed by atoms with Gasteiger partial charge in [0.2, 0.25) is 0 Å². The first-order valence-electron chi connectivity index (χ1n) is 7.89. The van der Waals surface area contributed by atoms with Crippen molar-refractivity contribution in [2.45, 2.75) is 83.0 Å². The lowest BCUT2D eigenvalue weighted by atomic mass is 9.84. The Bertz CT molecular complexity index is 527. The molecule has 0 aliphatic rings. The fourth-order valence-electron chi connectivity index (χ4n) is 2.58. The molecular weight excluding hydrogens is 307 g/mol. The van der Waals surface area contributed by atoms with Crippen LogP contribution in [0.2, 0.25) is 0 Å². The van der Waals surface area contributed by atoms with Gasteiger partial charge in [-0.2, -0.15) is 0 Å². The molecule has 0 rings (SSSR count).